The van der Waals surface area contributed by atoms with Crippen LogP contribution in [0.1, 0.15) is 23.6 Å². The molecule has 0 aliphatic heterocycles. The van der Waals surface area contributed by atoms with Crippen LogP contribution in [0.15, 0.2) is 53.7 Å². The Bertz CT molecular complexity index is 549. The Morgan fingerprint density at radius 2 is 1.84 bits per heavy atom. The summed E-state index contributed by atoms with van der Waals surface area (Å²) in [4.78, 5) is 5.09. The van der Waals surface area contributed by atoms with Crippen LogP contribution in [-0.2, 0) is 17.9 Å². The molecule has 0 heterocycles. The molecule has 0 unspecified atom stereocenters. The topological polar surface area (TPSA) is 21.6 Å². The molecule has 2 nitrogen and oxygen atoms in total. The molecule has 0 radical (unpaired) electrons. The maximum atomic E-state index is 13.3. The van der Waals surface area contributed by atoms with Crippen molar-refractivity contribution in [1.82, 2.24) is 0 Å². The van der Waals surface area contributed by atoms with Crippen molar-refractivity contribution in [2.24, 2.45) is 5.16 Å². The fourth-order valence-electron chi connectivity index (χ4n) is 1.66. The minimum absolute atomic E-state index is 0.135. The molecule has 0 aliphatic carbocycles. The molecular weight excluding hydrogens is 241 g/mol. The highest BCUT2D eigenvalue weighted by Crippen LogP contribution is 2.08. The van der Waals surface area contributed by atoms with Gasteiger partial charge in [-0.2, -0.15) is 0 Å². The molecule has 0 spiro atoms. The van der Waals surface area contributed by atoms with Crippen molar-refractivity contribution in [3.63, 3.8) is 0 Å². The van der Waals surface area contributed by atoms with Crippen molar-refractivity contribution >= 4 is 6.21 Å². The normalized spacial score (nSPS) is 10.8. The van der Waals surface area contributed by atoms with Crippen molar-refractivity contribution in [2.45, 2.75) is 20.0 Å². The molecule has 0 fully saturated rings. The minimum atomic E-state index is -0.273. The predicted octanol–water partition coefficient (Wildman–Crippen LogP) is 3.94. The zero-order valence-electron chi connectivity index (χ0n) is 10.8. The Balaban J connectivity index is 1.88. The fraction of sp³-hybridized carbons (Fsp3) is 0.188. The fourth-order valence-corrected chi connectivity index (χ4v) is 1.66. The molecule has 2 aromatic rings. The van der Waals surface area contributed by atoms with Gasteiger partial charge in [0.15, 0.2) is 0 Å². The molecule has 0 saturated carbocycles. The maximum absolute atomic E-state index is 13.3. The smallest absolute Gasteiger partial charge is 0.145 e. The molecule has 2 aromatic carbocycles. The molecule has 2 rings (SSSR count). The van der Waals surface area contributed by atoms with Crippen LogP contribution in [0.3, 0.4) is 0 Å². The van der Waals surface area contributed by atoms with Crippen LogP contribution in [0.5, 0.6) is 0 Å². The first-order chi connectivity index (χ1) is 9.29. The molecule has 0 saturated heterocycles. The van der Waals surface area contributed by atoms with E-state index in [1.54, 1.807) is 24.4 Å². The number of rotatable bonds is 5. The van der Waals surface area contributed by atoms with Crippen LogP contribution < -0.4 is 0 Å². The number of nitrogens with zero attached hydrogens (tertiary/aromatic N) is 1. The monoisotopic (exact) mass is 257 g/mol. The highest BCUT2D eigenvalue weighted by Gasteiger charge is 1.99. The number of oxime groups is 1. The van der Waals surface area contributed by atoms with E-state index in [9.17, 15) is 4.39 Å². The molecular formula is C16H16FNO. The van der Waals surface area contributed by atoms with Gasteiger partial charge in [-0.05, 0) is 23.6 Å². The Morgan fingerprint density at radius 3 is 2.53 bits per heavy atom. The predicted molar refractivity (Wildman–Crippen MR) is 74.6 cm³/mol. The SMILES string of the molecule is CCc1ccc(C=NOCc2ccccc2F)cc1. The standard InChI is InChI=1S/C16H16FNO/c1-2-13-7-9-14(10-8-13)11-18-19-12-15-5-3-4-6-16(15)17/h3-11H,2,12H2,1H3. The van der Waals surface area contributed by atoms with E-state index in [1.807, 2.05) is 12.1 Å². The molecule has 0 bridgehead atoms. The molecule has 19 heavy (non-hydrogen) atoms. The van der Waals surface area contributed by atoms with Crippen LogP contribution >= 0.6 is 0 Å². The second-order valence-corrected chi connectivity index (χ2v) is 4.19. The third kappa shape index (κ3) is 3.91. The Labute approximate surface area is 112 Å². The number of benzene rings is 2. The summed E-state index contributed by atoms with van der Waals surface area (Å²) >= 11 is 0. The molecule has 0 atom stereocenters. The molecule has 0 aliphatic rings. The summed E-state index contributed by atoms with van der Waals surface area (Å²) in [6, 6.07) is 14.6. The van der Waals surface area contributed by atoms with Crippen molar-refractivity contribution in [3.8, 4) is 0 Å². The Kier molecular flexibility index (Phi) is 4.67. The van der Waals surface area contributed by atoms with Gasteiger partial charge in [-0.25, -0.2) is 4.39 Å². The third-order valence-electron chi connectivity index (χ3n) is 2.84. The first-order valence-corrected chi connectivity index (χ1v) is 6.27. The van der Waals surface area contributed by atoms with Crippen LogP contribution in [0.4, 0.5) is 4.39 Å². The van der Waals surface area contributed by atoms with Gasteiger partial charge in [0.05, 0.1) is 6.21 Å². The lowest BCUT2D eigenvalue weighted by atomic mass is 10.1. The van der Waals surface area contributed by atoms with E-state index in [0.29, 0.717) is 5.56 Å². The first kappa shape index (κ1) is 13.3. The van der Waals surface area contributed by atoms with Gasteiger partial charge in [-0.3, -0.25) is 0 Å². The lowest BCUT2D eigenvalue weighted by Crippen LogP contribution is -1.92. The average Bonchev–Trinajstić information content (AvgIpc) is 2.46. The summed E-state index contributed by atoms with van der Waals surface area (Å²) in [5.74, 6) is -0.273. The van der Waals surface area contributed by atoms with Crippen molar-refractivity contribution < 1.29 is 9.23 Å². The van der Waals surface area contributed by atoms with Crippen molar-refractivity contribution in [3.05, 3.63) is 71.0 Å². The first-order valence-electron chi connectivity index (χ1n) is 6.27. The van der Waals surface area contributed by atoms with E-state index in [2.05, 4.69) is 24.2 Å². The minimum Gasteiger partial charge on any atom is -0.391 e. The number of aryl methyl sites for hydroxylation is 1. The average molecular weight is 257 g/mol. The van der Waals surface area contributed by atoms with E-state index in [1.165, 1.54) is 11.6 Å². The highest BCUT2D eigenvalue weighted by molar-refractivity contribution is 5.79. The van der Waals surface area contributed by atoms with Gasteiger partial charge < -0.3 is 4.84 Å². The van der Waals surface area contributed by atoms with E-state index in [-0.39, 0.29) is 12.4 Å². The summed E-state index contributed by atoms with van der Waals surface area (Å²) in [6.07, 6.45) is 2.64. The van der Waals surface area contributed by atoms with E-state index >= 15 is 0 Å². The van der Waals surface area contributed by atoms with Gasteiger partial charge >= 0.3 is 0 Å². The quantitative estimate of drug-likeness (QED) is 0.587. The summed E-state index contributed by atoms with van der Waals surface area (Å²) in [5, 5.41) is 3.84. The van der Waals surface area contributed by atoms with Gasteiger partial charge in [0, 0.05) is 5.56 Å². The summed E-state index contributed by atoms with van der Waals surface area (Å²) < 4.78 is 13.3. The van der Waals surface area contributed by atoms with Crippen LogP contribution in [0.2, 0.25) is 0 Å². The van der Waals surface area contributed by atoms with Gasteiger partial charge in [0.2, 0.25) is 0 Å². The van der Waals surface area contributed by atoms with Crippen molar-refractivity contribution in [2.75, 3.05) is 0 Å². The van der Waals surface area contributed by atoms with Gasteiger partial charge in [0.1, 0.15) is 12.4 Å². The highest BCUT2D eigenvalue weighted by atomic mass is 19.1. The number of hydrogen-bond acceptors (Lipinski definition) is 2. The van der Waals surface area contributed by atoms with Crippen LogP contribution in [0.25, 0.3) is 0 Å². The van der Waals surface area contributed by atoms with Crippen LogP contribution in [0, 0.1) is 5.82 Å². The largest absolute Gasteiger partial charge is 0.391 e. The van der Waals surface area contributed by atoms with E-state index in [4.69, 9.17) is 4.84 Å². The van der Waals surface area contributed by atoms with E-state index in [0.717, 1.165) is 12.0 Å². The van der Waals surface area contributed by atoms with Crippen LogP contribution in [-0.4, -0.2) is 6.21 Å². The molecule has 0 amide bonds. The molecule has 3 heteroatoms. The van der Waals surface area contributed by atoms with E-state index < -0.39 is 0 Å². The Morgan fingerprint density at radius 1 is 1.11 bits per heavy atom. The molecule has 0 aromatic heterocycles. The Hall–Kier alpha value is -2.16. The maximum Gasteiger partial charge on any atom is 0.145 e. The van der Waals surface area contributed by atoms with Gasteiger partial charge in [-0.15, -0.1) is 0 Å². The number of hydrogen-bond donors (Lipinski definition) is 0. The summed E-state index contributed by atoms with van der Waals surface area (Å²) in [7, 11) is 0. The van der Waals surface area contributed by atoms with Gasteiger partial charge in [0.25, 0.3) is 0 Å². The summed E-state index contributed by atoms with van der Waals surface area (Å²) in [6.45, 7) is 2.25. The summed E-state index contributed by atoms with van der Waals surface area (Å²) in [5.41, 5.74) is 2.75. The van der Waals surface area contributed by atoms with Gasteiger partial charge in [-0.1, -0.05) is 54.5 Å². The second-order valence-electron chi connectivity index (χ2n) is 4.19. The second kappa shape index (κ2) is 6.69. The third-order valence-corrected chi connectivity index (χ3v) is 2.84. The molecule has 98 valence electrons. The zero-order chi connectivity index (χ0) is 13.5. The lowest BCUT2D eigenvalue weighted by molar-refractivity contribution is 0.129. The molecule has 0 N–H and O–H groups in total. The lowest BCUT2D eigenvalue weighted by Gasteiger charge is -2.01. The zero-order valence-corrected chi connectivity index (χ0v) is 10.8. The van der Waals surface area contributed by atoms with Crippen molar-refractivity contribution in [1.29, 1.82) is 0 Å². The number of halogens is 1.